The smallest absolute Gasteiger partial charge is 0.267 e. The zero-order valence-corrected chi connectivity index (χ0v) is 18.1. The van der Waals surface area contributed by atoms with Gasteiger partial charge in [0.2, 0.25) is 0 Å². The molecule has 2 aromatic carbocycles. The van der Waals surface area contributed by atoms with Gasteiger partial charge in [-0.3, -0.25) is 9.69 Å². The molecule has 0 radical (unpaired) electrons. The van der Waals surface area contributed by atoms with Crippen molar-refractivity contribution in [3.05, 3.63) is 70.6 Å². The Balaban J connectivity index is 1.61. The number of rotatable bonds is 7. The first-order valence-corrected chi connectivity index (χ1v) is 10.5. The van der Waals surface area contributed by atoms with Gasteiger partial charge in [-0.2, -0.15) is 0 Å². The zero-order chi connectivity index (χ0) is 21.1. The van der Waals surface area contributed by atoms with Crippen LogP contribution in [0.3, 0.4) is 0 Å². The Morgan fingerprint density at radius 3 is 2.77 bits per heavy atom. The van der Waals surface area contributed by atoms with Crippen LogP contribution in [0.5, 0.6) is 11.5 Å². The number of ether oxygens (including phenoxy) is 2. The van der Waals surface area contributed by atoms with Crippen LogP contribution in [0.15, 0.2) is 59.2 Å². The number of anilines is 1. The summed E-state index contributed by atoms with van der Waals surface area (Å²) in [5.41, 5.74) is 0.693. The summed E-state index contributed by atoms with van der Waals surface area (Å²) in [5, 5.41) is 1.33. The quantitative estimate of drug-likeness (QED) is 0.346. The third kappa shape index (κ3) is 4.38. The molecule has 0 aliphatic carbocycles. The zero-order valence-electron chi connectivity index (χ0n) is 15.8. The molecular weight excluding hydrogens is 447 g/mol. The highest BCUT2D eigenvalue weighted by molar-refractivity contribution is 7.22. The number of fused-ring (bicyclic) bond motifs is 1. The van der Waals surface area contributed by atoms with E-state index < -0.39 is 0 Å². The van der Waals surface area contributed by atoms with Gasteiger partial charge in [0.15, 0.2) is 11.7 Å². The van der Waals surface area contributed by atoms with Crippen LogP contribution < -0.4 is 14.4 Å². The SMILES string of the molecule is COc1cccc2sc(N(Cc3ccco3)C(=O)COc3ccc(Cl)cc3Cl)nc12. The Bertz CT molecular complexity index is 1180. The van der Waals surface area contributed by atoms with Crippen LogP contribution in [0.25, 0.3) is 10.2 Å². The highest BCUT2D eigenvalue weighted by atomic mass is 35.5. The average molecular weight is 463 g/mol. The van der Waals surface area contributed by atoms with Crippen LogP contribution in [-0.2, 0) is 11.3 Å². The molecule has 30 heavy (non-hydrogen) atoms. The van der Waals surface area contributed by atoms with Gasteiger partial charge in [-0.25, -0.2) is 4.98 Å². The fourth-order valence-electron chi connectivity index (χ4n) is 2.82. The first-order valence-electron chi connectivity index (χ1n) is 8.89. The number of nitrogens with zero attached hydrogens (tertiary/aromatic N) is 2. The predicted molar refractivity (Wildman–Crippen MR) is 118 cm³/mol. The van der Waals surface area contributed by atoms with Crippen molar-refractivity contribution >= 4 is 55.8 Å². The lowest BCUT2D eigenvalue weighted by Crippen LogP contribution is -2.34. The Hall–Kier alpha value is -2.74. The van der Waals surface area contributed by atoms with Crippen molar-refractivity contribution in [2.75, 3.05) is 18.6 Å². The fourth-order valence-corrected chi connectivity index (χ4v) is 4.29. The molecule has 1 amide bonds. The average Bonchev–Trinajstić information content (AvgIpc) is 3.40. The Labute approximate surface area is 186 Å². The summed E-state index contributed by atoms with van der Waals surface area (Å²) in [4.78, 5) is 19.2. The van der Waals surface area contributed by atoms with Gasteiger partial charge in [0.1, 0.15) is 22.8 Å². The number of methoxy groups -OCH3 is 1. The minimum absolute atomic E-state index is 0.214. The Morgan fingerprint density at radius 1 is 1.17 bits per heavy atom. The number of carbonyl (C=O) groups is 1. The number of benzene rings is 2. The molecule has 6 nitrogen and oxygen atoms in total. The van der Waals surface area contributed by atoms with Crippen molar-refractivity contribution in [2.24, 2.45) is 0 Å². The van der Waals surface area contributed by atoms with Crippen LogP contribution in [0, 0.1) is 0 Å². The van der Waals surface area contributed by atoms with Crippen LogP contribution >= 0.6 is 34.5 Å². The number of hydrogen-bond acceptors (Lipinski definition) is 6. The number of halogens is 2. The first-order chi connectivity index (χ1) is 14.5. The third-order valence-electron chi connectivity index (χ3n) is 4.26. The summed E-state index contributed by atoms with van der Waals surface area (Å²) in [6.45, 7) is -0.0131. The summed E-state index contributed by atoms with van der Waals surface area (Å²) in [5.74, 6) is 1.34. The molecule has 4 rings (SSSR count). The van der Waals surface area contributed by atoms with Gasteiger partial charge >= 0.3 is 0 Å². The minimum atomic E-state index is -0.296. The lowest BCUT2D eigenvalue weighted by molar-refractivity contribution is -0.120. The maximum absolute atomic E-state index is 13.1. The Kier molecular flexibility index (Phi) is 6.13. The van der Waals surface area contributed by atoms with Gasteiger partial charge < -0.3 is 13.9 Å². The van der Waals surface area contributed by atoms with Crippen molar-refractivity contribution in [2.45, 2.75) is 6.54 Å². The van der Waals surface area contributed by atoms with Gasteiger partial charge in [-0.05, 0) is 42.5 Å². The topological polar surface area (TPSA) is 64.8 Å². The molecule has 2 aromatic heterocycles. The predicted octanol–water partition coefficient (Wildman–Crippen LogP) is 5.82. The summed E-state index contributed by atoms with van der Waals surface area (Å²) < 4.78 is 17.4. The minimum Gasteiger partial charge on any atom is -0.494 e. The van der Waals surface area contributed by atoms with Crippen molar-refractivity contribution in [1.82, 2.24) is 4.98 Å². The van der Waals surface area contributed by atoms with E-state index in [2.05, 4.69) is 4.98 Å². The fraction of sp³-hybridized carbons (Fsp3) is 0.143. The maximum atomic E-state index is 13.1. The van der Waals surface area contributed by atoms with Crippen LogP contribution in [0.1, 0.15) is 5.76 Å². The molecule has 0 bridgehead atoms. The number of thiazole rings is 1. The van der Waals surface area contributed by atoms with E-state index in [-0.39, 0.29) is 19.1 Å². The second-order valence-corrected chi connectivity index (χ2v) is 8.08. The molecule has 0 aliphatic heterocycles. The lowest BCUT2D eigenvalue weighted by atomic mass is 10.3. The highest BCUT2D eigenvalue weighted by Gasteiger charge is 2.23. The van der Waals surface area contributed by atoms with Gasteiger partial charge in [-0.15, -0.1) is 0 Å². The second kappa shape index (κ2) is 8.95. The number of furan rings is 1. The van der Waals surface area contributed by atoms with Crippen molar-refractivity contribution in [3.8, 4) is 11.5 Å². The molecule has 9 heteroatoms. The molecule has 0 saturated heterocycles. The largest absolute Gasteiger partial charge is 0.494 e. The molecule has 0 aliphatic rings. The molecule has 2 heterocycles. The van der Waals surface area contributed by atoms with Crippen LogP contribution in [0.2, 0.25) is 10.0 Å². The normalized spacial score (nSPS) is 10.9. The summed E-state index contributed by atoms with van der Waals surface area (Å²) in [6, 6.07) is 14.0. The standard InChI is InChI=1S/C21H16Cl2N2O4S/c1-27-17-5-2-6-18-20(17)24-21(30-18)25(11-14-4-3-9-28-14)19(26)12-29-16-8-7-13(22)10-15(16)23/h2-10H,11-12H2,1H3. The maximum Gasteiger partial charge on any atom is 0.267 e. The molecule has 0 unspecified atom stereocenters. The molecule has 0 fully saturated rings. The van der Waals surface area contributed by atoms with E-state index >= 15 is 0 Å². The van der Waals surface area contributed by atoms with Gasteiger partial charge in [0, 0.05) is 5.02 Å². The molecule has 0 N–H and O–H groups in total. The van der Waals surface area contributed by atoms with Gasteiger partial charge in [-0.1, -0.05) is 40.6 Å². The number of aromatic nitrogens is 1. The van der Waals surface area contributed by atoms with Crippen molar-refractivity contribution < 1.29 is 18.7 Å². The number of para-hydroxylation sites is 1. The molecule has 0 saturated carbocycles. The summed E-state index contributed by atoms with van der Waals surface area (Å²) in [7, 11) is 1.59. The number of carbonyl (C=O) groups excluding carboxylic acids is 1. The third-order valence-corrected chi connectivity index (χ3v) is 5.84. The van der Waals surface area contributed by atoms with Gasteiger partial charge in [0.25, 0.3) is 5.91 Å². The highest BCUT2D eigenvalue weighted by Crippen LogP contribution is 2.35. The monoisotopic (exact) mass is 462 g/mol. The number of amides is 1. The summed E-state index contributed by atoms with van der Waals surface area (Å²) in [6.07, 6.45) is 1.56. The van der Waals surface area contributed by atoms with Crippen LogP contribution in [-0.4, -0.2) is 24.6 Å². The van der Waals surface area contributed by atoms with E-state index in [4.69, 9.17) is 37.1 Å². The molecule has 0 atom stereocenters. The van der Waals surface area contributed by atoms with E-state index in [1.54, 1.807) is 43.7 Å². The van der Waals surface area contributed by atoms with E-state index in [0.717, 1.165) is 4.70 Å². The number of hydrogen-bond donors (Lipinski definition) is 0. The van der Waals surface area contributed by atoms with E-state index in [0.29, 0.717) is 38.0 Å². The lowest BCUT2D eigenvalue weighted by Gasteiger charge is -2.19. The van der Waals surface area contributed by atoms with E-state index in [9.17, 15) is 4.79 Å². The second-order valence-electron chi connectivity index (χ2n) is 6.23. The van der Waals surface area contributed by atoms with E-state index in [1.165, 1.54) is 16.2 Å². The molecule has 154 valence electrons. The van der Waals surface area contributed by atoms with Crippen molar-refractivity contribution in [3.63, 3.8) is 0 Å². The Morgan fingerprint density at radius 2 is 2.03 bits per heavy atom. The van der Waals surface area contributed by atoms with Gasteiger partial charge in [0.05, 0.1) is 29.6 Å². The first kappa shape index (κ1) is 20.5. The molecule has 0 spiro atoms. The molecule has 4 aromatic rings. The van der Waals surface area contributed by atoms with E-state index in [1.807, 2.05) is 18.2 Å². The summed E-state index contributed by atoms with van der Waals surface area (Å²) >= 11 is 13.4. The van der Waals surface area contributed by atoms with Crippen LogP contribution in [0.4, 0.5) is 5.13 Å². The van der Waals surface area contributed by atoms with Crippen molar-refractivity contribution in [1.29, 1.82) is 0 Å². The molecular formula is C21H16Cl2N2O4S.